The maximum Gasteiger partial charge on any atom is 0.289 e. The lowest BCUT2D eigenvalue weighted by Crippen LogP contribution is -2.39. The number of amides is 1. The molecule has 3 heterocycles. The topological polar surface area (TPSA) is 95.2 Å². The van der Waals surface area contributed by atoms with E-state index in [0.29, 0.717) is 18.8 Å². The highest BCUT2D eigenvalue weighted by Gasteiger charge is 2.28. The second kappa shape index (κ2) is 6.49. The van der Waals surface area contributed by atoms with Crippen LogP contribution in [0, 0.1) is 11.8 Å². The minimum Gasteiger partial charge on any atom is -0.443 e. The predicted octanol–water partition coefficient (Wildman–Crippen LogP) is 1.54. The lowest BCUT2D eigenvalue weighted by Gasteiger charge is -2.31. The van der Waals surface area contributed by atoms with E-state index in [2.05, 4.69) is 27.0 Å². The average molecular weight is 328 g/mol. The molecule has 3 rings (SSSR count). The number of nitrogens with zero attached hydrogens (tertiary/aromatic N) is 3. The van der Waals surface area contributed by atoms with Gasteiger partial charge in [-0.25, -0.2) is 4.98 Å². The van der Waals surface area contributed by atoms with Crippen molar-refractivity contribution in [2.24, 2.45) is 0 Å². The largest absolute Gasteiger partial charge is 0.443 e. The summed E-state index contributed by atoms with van der Waals surface area (Å²) >= 11 is 0. The van der Waals surface area contributed by atoms with Crippen molar-refractivity contribution in [3.05, 3.63) is 35.8 Å². The Bertz CT molecular complexity index is 762. The van der Waals surface area contributed by atoms with Crippen LogP contribution in [0.1, 0.15) is 54.7 Å². The monoisotopic (exact) mass is 328 g/mol. The maximum atomic E-state index is 12.6. The summed E-state index contributed by atoms with van der Waals surface area (Å²) in [5, 5.41) is 16.4. The Kier molecular flexibility index (Phi) is 4.40. The smallest absolute Gasteiger partial charge is 0.289 e. The highest BCUT2D eigenvalue weighted by atomic mass is 16.4. The summed E-state index contributed by atoms with van der Waals surface area (Å²) in [5.74, 6) is 6.83. The lowest BCUT2D eigenvalue weighted by atomic mass is 9.97. The van der Waals surface area contributed by atoms with Crippen LogP contribution in [0.3, 0.4) is 0 Å². The van der Waals surface area contributed by atoms with Gasteiger partial charge in [0, 0.05) is 19.0 Å². The van der Waals surface area contributed by atoms with Crippen molar-refractivity contribution in [1.29, 1.82) is 0 Å². The maximum absolute atomic E-state index is 12.6. The number of hydrogen-bond acceptors (Lipinski definition) is 5. The Labute approximate surface area is 140 Å². The Hall–Kier alpha value is -2.59. The Morgan fingerprint density at radius 3 is 3.04 bits per heavy atom. The molecule has 2 aromatic rings. The zero-order valence-electron chi connectivity index (χ0n) is 13.7. The number of aromatic amines is 1. The fraction of sp³-hybridized carbons (Fsp3) is 0.471. The molecular weight excluding hydrogens is 308 g/mol. The molecule has 7 nitrogen and oxygen atoms in total. The summed E-state index contributed by atoms with van der Waals surface area (Å²) in [6, 6.07) is 3.26. The highest BCUT2D eigenvalue weighted by Crippen LogP contribution is 2.25. The summed E-state index contributed by atoms with van der Waals surface area (Å²) in [6.07, 6.45) is 3.36. The fourth-order valence-electron chi connectivity index (χ4n) is 2.69. The van der Waals surface area contributed by atoms with E-state index in [-0.39, 0.29) is 17.6 Å². The van der Waals surface area contributed by atoms with Crippen molar-refractivity contribution < 1.29 is 14.3 Å². The van der Waals surface area contributed by atoms with Crippen LogP contribution in [0.2, 0.25) is 0 Å². The van der Waals surface area contributed by atoms with Crippen molar-refractivity contribution in [2.75, 3.05) is 13.1 Å². The minimum absolute atomic E-state index is 0.157. The van der Waals surface area contributed by atoms with Crippen molar-refractivity contribution in [2.45, 2.75) is 38.2 Å². The molecule has 0 saturated carbocycles. The van der Waals surface area contributed by atoms with Crippen LogP contribution in [0.5, 0.6) is 0 Å². The van der Waals surface area contributed by atoms with E-state index in [9.17, 15) is 9.90 Å². The van der Waals surface area contributed by atoms with Gasteiger partial charge in [0.1, 0.15) is 17.8 Å². The van der Waals surface area contributed by atoms with Gasteiger partial charge in [-0.05, 0) is 44.7 Å². The van der Waals surface area contributed by atoms with E-state index in [1.165, 1.54) is 6.33 Å². The molecule has 1 unspecified atom stereocenters. The van der Waals surface area contributed by atoms with Crippen LogP contribution in [0.25, 0.3) is 0 Å². The van der Waals surface area contributed by atoms with Gasteiger partial charge in [-0.15, -0.1) is 0 Å². The SMILES string of the molecule is CC(C)(O)C#Cc1ccc(C(=O)N2CCCC(c3ncn[nH]3)C2)o1. The lowest BCUT2D eigenvalue weighted by molar-refractivity contribution is 0.0672. The summed E-state index contributed by atoms with van der Waals surface area (Å²) in [7, 11) is 0. The number of aromatic nitrogens is 3. The predicted molar refractivity (Wildman–Crippen MR) is 86.1 cm³/mol. The molecule has 0 radical (unpaired) electrons. The van der Waals surface area contributed by atoms with Crippen LogP contribution in [-0.4, -0.2) is 49.8 Å². The second-order valence-electron chi connectivity index (χ2n) is 6.43. The number of piperidine rings is 1. The van der Waals surface area contributed by atoms with E-state index in [0.717, 1.165) is 18.7 Å². The van der Waals surface area contributed by atoms with Gasteiger partial charge >= 0.3 is 0 Å². The Morgan fingerprint density at radius 1 is 1.50 bits per heavy atom. The Morgan fingerprint density at radius 2 is 2.33 bits per heavy atom. The number of nitrogens with one attached hydrogen (secondary N) is 1. The molecular formula is C17H20N4O3. The molecule has 1 fully saturated rings. The van der Waals surface area contributed by atoms with Gasteiger partial charge in [0.2, 0.25) is 0 Å². The minimum atomic E-state index is -1.10. The average Bonchev–Trinajstić information content (AvgIpc) is 3.23. The first-order valence-corrected chi connectivity index (χ1v) is 7.92. The van der Waals surface area contributed by atoms with E-state index < -0.39 is 5.60 Å². The first kappa shape index (κ1) is 16.3. The molecule has 126 valence electrons. The standard InChI is InChI=1S/C17H20N4O3/c1-17(2,23)8-7-13-5-6-14(24-13)16(22)21-9-3-4-12(10-21)15-18-11-19-20-15/h5-6,11-12,23H,3-4,9-10H2,1-2H3,(H,18,19,20). The number of rotatable bonds is 2. The first-order valence-electron chi connectivity index (χ1n) is 7.92. The van der Waals surface area contributed by atoms with Crippen LogP contribution in [0.4, 0.5) is 0 Å². The van der Waals surface area contributed by atoms with E-state index in [1.54, 1.807) is 30.9 Å². The van der Waals surface area contributed by atoms with Crippen molar-refractivity contribution in [3.8, 4) is 11.8 Å². The van der Waals surface area contributed by atoms with Crippen LogP contribution < -0.4 is 0 Å². The second-order valence-corrected chi connectivity index (χ2v) is 6.43. The first-order chi connectivity index (χ1) is 11.4. The molecule has 1 aliphatic heterocycles. The van der Waals surface area contributed by atoms with Crippen molar-refractivity contribution in [3.63, 3.8) is 0 Å². The zero-order chi connectivity index (χ0) is 17.2. The molecule has 2 aromatic heterocycles. The van der Waals surface area contributed by atoms with Crippen molar-refractivity contribution in [1.82, 2.24) is 20.1 Å². The highest BCUT2D eigenvalue weighted by molar-refractivity contribution is 5.91. The molecule has 0 spiro atoms. The van der Waals surface area contributed by atoms with Gasteiger partial charge in [0.25, 0.3) is 5.91 Å². The molecule has 0 bridgehead atoms. The van der Waals surface area contributed by atoms with Gasteiger partial charge in [0.05, 0.1) is 0 Å². The third kappa shape index (κ3) is 3.84. The molecule has 0 aromatic carbocycles. The number of carbonyl (C=O) groups is 1. The summed E-state index contributed by atoms with van der Waals surface area (Å²) in [6.45, 7) is 4.45. The normalized spacial score (nSPS) is 18.1. The molecule has 24 heavy (non-hydrogen) atoms. The molecule has 7 heteroatoms. The third-order valence-electron chi connectivity index (χ3n) is 3.84. The molecule has 1 atom stereocenters. The summed E-state index contributed by atoms with van der Waals surface area (Å²) in [5.41, 5.74) is -1.10. The van der Waals surface area contributed by atoms with Crippen LogP contribution in [0.15, 0.2) is 22.9 Å². The van der Waals surface area contributed by atoms with Gasteiger partial charge in [0.15, 0.2) is 11.5 Å². The molecule has 2 N–H and O–H groups in total. The van der Waals surface area contributed by atoms with Gasteiger partial charge in [-0.3, -0.25) is 9.89 Å². The van der Waals surface area contributed by atoms with Gasteiger partial charge in [-0.1, -0.05) is 5.92 Å². The van der Waals surface area contributed by atoms with Gasteiger partial charge in [-0.2, -0.15) is 5.10 Å². The number of carbonyl (C=O) groups excluding carboxylic acids is 1. The summed E-state index contributed by atoms with van der Waals surface area (Å²) < 4.78 is 5.51. The molecule has 1 saturated heterocycles. The van der Waals surface area contributed by atoms with Crippen molar-refractivity contribution >= 4 is 5.91 Å². The quantitative estimate of drug-likeness (QED) is 0.815. The number of likely N-dealkylation sites (tertiary alicyclic amines) is 1. The molecule has 1 amide bonds. The summed E-state index contributed by atoms with van der Waals surface area (Å²) in [4.78, 5) is 18.6. The number of furan rings is 1. The molecule has 1 aliphatic rings. The van der Waals surface area contributed by atoms with E-state index >= 15 is 0 Å². The fourth-order valence-corrected chi connectivity index (χ4v) is 2.69. The van der Waals surface area contributed by atoms with Crippen LogP contribution in [-0.2, 0) is 0 Å². The Balaban J connectivity index is 1.70. The number of H-pyrrole nitrogens is 1. The third-order valence-corrected chi connectivity index (χ3v) is 3.84. The number of aliphatic hydroxyl groups is 1. The van der Waals surface area contributed by atoms with Gasteiger partial charge < -0.3 is 14.4 Å². The van der Waals surface area contributed by atoms with E-state index in [1.807, 2.05) is 0 Å². The molecule has 0 aliphatic carbocycles. The zero-order valence-corrected chi connectivity index (χ0v) is 13.7. The number of hydrogen-bond donors (Lipinski definition) is 2. The van der Waals surface area contributed by atoms with Crippen LogP contribution >= 0.6 is 0 Å². The van der Waals surface area contributed by atoms with E-state index in [4.69, 9.17) is 4.42 Å².